The number of halogens is 1. The summed E-state index contributed by atoms with van der Waals surface area (Å²) < 4.78 is 23.7. The predicted octanol–water partition coefficient (Wildman–Crippen LogP) is 2.02. The first-order chi connectivity index (χ1) is 12.5. The van der Waals surface area contributed by atoms with Gasteiger partial charge in [-0.15, -0.1) is 0 Å². The Morgan fingerprint density at radius 3 is 2.54 bits per heavy atom. The molecule has 1 aromatic carbocycles. The minimum atomic E-state index is -0.373. The highest BCUT2D eigenvalue weighted by molar-refractivity contribution is 5.93. The van der Waals surface area contributed by atoms with Crippen molar-refractivity contribution in [3.8, 4) is 11.3 Å². The van der Waals surface area contributed by atoms with Gasteiger partial charge < -0.3 is 9.30 Å². The quantitative estimate of drug-likeness (QED) is 0.721. The third kappa shape index (κ3) is 2.59. The van der Waals surface area contributed by atoms with E-state index in [0.29, 0.717) is 23.1 Å². The smallest absolute Gasteiger partial charge is 0.330 e. The van der Waals surface area contributed by atoms with Gasteiger partial charge in [0.25, 0.3) is 5.56 Å². The minimum absolute atomic E-state index is 0.0666. The molecule has 1 aliphatic rings. The van der Waals surface area contributed by atoms with E-state index in [-0.39, 0.29) is 23.2 Å². The van der Waals surface area contributed by atoms with Gasteiger partial charge in [0.15, 0.2) is 0 Å². The van der Waals surface area contributed by atoms with Crippen LogP contribution in [0.3, 0.4) is 0 Å². The second-order valence-electron chi connectivity index (χ2n) is 6.74. The summed E-state index contributed by atoms with van der Waals surface area (Å²) in [6, 6.07) is 6.05. The molecule has 3 heterocycles. The summed E-state index contributed by atoms with van der Waals surface area (Å²) in [5.74, 6) is -0.337. The number of aromatic nitrogens is 3. The second kappa shape index (κ2) is 6.25. The molecule has 1 fully saturated rings. The normalized spacial score (nSPS) is 17.3. The summed E-state index contributed by atoms with van der Waals surface area (Å²) in [6.45, 7) is 1.32. The third-order valence-corrected chi connectivity index (χ3v) is 5.05. The van der Waals surface area contributed by atoms with Gasteiger partial charge in [-0.05, 0) is 42.7 Å². The number of hydrogen-bond acceptors (Lipinski definition) is 3. The molecule has 3 aromatic rings. The molecule has 0 bridgehead atoms. The van der Waals surface area contributed by atoms with Crippen molar-refractivity contribution >= 4 is 10.9 Å². The SMILES string of the molecule is Cn1c(=O)c2c(-c3ccc(F)cc3)n(C[C@H]3CCCO3)cc2n(C)c1=O. The first-order valence-electron chi connectivity index (χ1n) is 8.64. The van der Waals surface area contributed by atoms with E-state index in [0.717, 1.165) is 29.6 Å². The maximum atomic E-state index is 13.4. The summed E-state index contributed by atoms with van der Waals surface area (Å²) in [7, 11) is 3.12. The van der Waals surface area contributed by atoms with Crippen LogP contribution in [0.4, 0.5) is 4.39 Å². The van der Waals surface area contributed by atoms with Gasteiger partial charge in [-0.3, -0.25) is 13.9 Å². The van der Waals surface area contributed by atoms with Gasteiger partial charge in [-0.2, -0.15) is 0 Å². The van der Waals surface area contributed by atoms with Gasteiger partial charge in [-0.1, -0.05) is 0 Å². The van der Waals surface area contributed by atoms with Crippen LogP contribution in [-0.2, 0) is 25.4 Å². The molecule has 0 spiro atoms. The molecular weight excluding hydrogens is 337 g/mol. The molecule has 0 saturated carbocycles. The molecule has 7 heteroatoms. The molecule has 1 atom stereocenters. The standard InChI is InChI=1S/C19H20FN3O3/c1-21-15-11-23(10-14-4-3-9-26-14)17(12-5-7-13(20)8-6-12)16(15)18(24)22(2)19(21)25/h5-8,11,14H,3-4,9-10H2,1-2H3/t14-/m1/s1. The van der Waals surface area contributed by atoms with Crippen LogP contribution in [0.1, 0.15) is 12.8 Å². The van der Waals surface area contributed by atoms with Crippen molar-refractivity contribution in [1.29, 1.82) is 0 Å². The fourth-order valence-electron chi connectivity index (χ4n) is 3.66. The van der Waals surface area contributed by atoms with E-state index in [4.69, 9.17) is 4.74 Å². The Morgan fingerprint density at radius 1 is 1.15 bits per heavy atom. The molecule has 1 aliphatic heterocycles. The summed E-state index contributed by atoms with van der Waals surface area (Å²) in [5, 5.41) is 0.458. The lowest BCUT2D eigenvalue weighted by Gasteiger charge is -2.14. The van der Waals surface area contributed by atoms with E-state index in [2.05, 4.69) is 0 Å². The highest BCUT2D eigenvalue weighted by Gasteiger charge is 2.23. The summed E-state index contributed by atoms with van der Waals surface area (Å²) >= 11 is 0. The Morgan fingerprint density at radius 2 is 1.88 bits per heavy atom. The molecule has 4 rings (SSSR count). The van der Waals surface area contributed by atoms with E-state index in [1.54, 1.807) is 19.2 Å². The highest BCUT2D eigenvalue weighted by Crippen LogP contribution is 2.29. The fraction of sp³-hybridized carbons (Fsp3) is 0.368. The summed E-state index contributed by atoms with van der Waals surface area (Å²) in [6.07, 6.45) is 3.85. The van der Waals surface area contributed by atoms with Crippen LogP contribution in [0.2, 0.25) is 0 Å². The Balaban J connectivity index is 2.02. The minimum Gasteiger partial charge on any atom is -0.376 e. The van der Waals surface area contributed by atoms with E-state index < -0.39 is 0 Å². The number of nitrogens with zero attached hydrogens (tertiary/aromatic N) is 3. The van der Waals surface area contributed by atoms with Crippen LogP contribution >= 0.6 is 0 Å². The largest absolute Gasteiger partial charge is 0.376 e. The van der Waals surface area contributed by atoms with Gasteiger partial charge in [0.2, 0.25) is 0 Å². The van der Waals surface area contributed by atoms with E-state index in [1.165, 1.54) is 23.7 Å². The van der Waals surface area contributed by atoms with Crippen LogP contribution in [0.15, 0.2) is 40.1 Å². The molecule has 136 valence electrons. The lowest BCUT2D eigenvalue weighted by Crippen LogP contribution is -2.36. The molecular formula is C19H20FN3O3. The van der Waals surface area contributed by atoms with Crippen molar-refractivity contribution in [2.45, 2.75) is 25.5 Å². The van der Waals surface area contributed by atoms with Crippen LogP contribution in [-0.4, -0.2) is 26.4 Å². The van der Waals surface area contributed by atoms with Crippen molar-refractivity contribution < 1.29 is 9.13 Å². The molecule has 2 aromatic heterocycles. The number of aryl methyl sites for hydroxylation is 1. The topological polar surface area (TPSA) is 58.2 Å². The first-order valence-corrected chi connectivity index (χ1v) is 8.64. The Labute approximate surface area is 149 Å². The van der Waals surface area contributed by atoms with Gasteiger partial charge in [-0.25, -0.2) is 9.18 Å². The molecule has 1 saturated heterocycles. The van der Waals surface area contributed by atoms with Crippen molar-refractivity contribution in [2.24, 2.45) is 14.1 Å². The Bertz CT molecular complexity index is 1090. The van der Waals surface area contributed by atoms with Crippen LogP contribution in [0.5, 0.6) is 0 Å². The van der Waals surface area contributed by atoms with E-state index in [9.17, 15) is 14.0 Å². The highest BCUT2D eigenvalue weighted by atomic mass is 19.1. The van der Waals surface area contributed by atoms with Crippen LogP contribution in [0, 0.1) is 5.82 Å². The number of benzene rings is 1. The van der Waals surface area contributed by atoms with Crippen molar-refractivity contribution in [1.82, 2.24) is 13.7 Å². The maximum Gasteiger partial charge on any atom is 0.330 e. The molecule has 6 nitrogen and oxygen atoms in total. The summed E-state index contributed by atoms with van der Waals surface area (Å²) in [4.78, 5) is 25.1. The zero-order valence-electron chi connectivity index (χ0n) is 14.7. The third-order valence-electron chi connectivity index (χ3n) is 5.05. The first kappa shape index (κ1) is 16.8. The lowest BCUT2D eigenvalue weighted by molar-refractivity contribution is 0.0975. The molecule has 26 heavy (non-hydrogen) atoms. The van der Waals surface area contributed by atoms with Gasteiger partial charge in [0, 0.05) is 33.4 Å². The monoisotopic (exact) mass is 357 g/mol. The van der Waals surface area contributed by atoms with Crippen molar-refractivity contribution in [3.05, 3.63) is 57.1 Å². The lowest BCUT2D eigenvalue weighted by atomic mass is 10.1. The fourth-order valence-corrected chi connectivity index (χ4v) is 3.66. The van der Waals surface area contributed by atoms with Crippen molar-refractivity contribution in [2.75, 3.05) is 6.61 Å². The van der Waals surface area contributed by atoms with Gasteiger partial charge in [0.1, 0.15) is 5.82 Å². The maximum absolute atomic E-state index is 13.4. The molecule has 0 radical (unpaired) electrons. The molecule has 0 unspecified atom stereocenters. The number of ether oxygens (including phenoxy) is 1. The molecule has 0 amide bonds. The van der Waals surface area contributed by atoms with Gasteiger partial charge >= 0.3 is 5.69 Å². The zero-order valence-corrected chi connectivity index (χ0v) is 14.7. The van der Waals surface area contributed by atoms with Crippen molar-refractivity contribution in [3.63, 3.8) is 0 Å². The average Bonchev–Trinajstić information content (AvgIpc) is 3.27. The van der Waals surface area contributed by atoms with Crippen LogP contribution < -0.4 is 11.2 Å². The van der Waals surface area contributed by atoms with E-state index >= 15 is 0 Å². The zero-order chi connectivity index (χ0) is 18.4. The Hall–Kier alpha value is -2.67. The Kier molecular flexibility index (Phi) is 4.03. The second-order valence-corrected chi connectivity index (χ2v) is 6.74. The number of fused-ring (bicyclic) bond motifs is 1. The summed E-state index contributed by atoms with van der Waals surface area (Å²) in [5.41, 5.74) is 1.26. The predicted molar refractivity (Wildman–Crippen MR) is 96.8 cm³/mol. The van der Waals surface area contributed by atoms with Crippen LogP contribution in [0.25, 0.3) is 22.2 Å². The molecule has 0 aliphatic carbocycles. The number of rotatable bonds is 3. The van der Waals surface area contributed by atoms with E-state index in [1.807, 2.05) is 10.8 Å². The number of hydrogen-bond donors (Lipinski definition) is 0. The average molecular weight is 357 g/mol. The molecule has 0 N–H and O–H groups in total. The van der Waals surface area contributed by atoms with Gasteiger partial charge in [0.05, 0.1) is 22.7 Å².